The van der Waals surface area contributed by atoms with Crippen molar-refractivity contribution in [1.82, 2.24) is 4.90 Å². The lowest BCUT2D eigenvalue weighted by Gasteiger charge is -2.28. The van der Waals surface area contributed by atoms with E-state index in [0.29, 0.717) is 5.91 Å². The van der Waals surface area contributed by atoms with Crippen LogP contribution in [0.15, 0.2) is 0 Å². The van der Waals surface area contributed by atoms with Crippen molar-refractivity contribution in [3.63, 3.8) is 0 Å². The van der Waals surface area contributed by atoms with E-state index in [-0.39, 0.29) is 12.0 Å². The molecule has 0 heterocycles. The van der Waals surface area contributed by atoms with Crippen LogP contribution in [-0.2, 0) is 4.79 Å². The molecule has 0 bridgehead atoms. The first kappa shape index (κ1) is 13.5. The third-order valence-electron chi connectivity index (χ3n) is 3.57. The molecule has 1 fully saturated rings. The predicted molar refractivity (Wildman–Crippen MR) is 67.1 cm³/mol. The average Bonchev–Trinajstić information content (AvgIpc) is 2.50. The molecule has 1 aliphatic carbocycles. The van der Waals surface area contributed by atoms with E-state index in [1.54, 1.807) is 0 Å². The Morgan fingerprint density at radius 1 is 1.25 bits per heavy atom. The topological polar surface area (TPSA) is 46.3 Å². The van der Waals surface area contributed by atoms with Gasteiger partial charge in [0.2, 0.25) is 5.91 Å². The zero-order valence-electron chi connectivity index (χ0n) is 10.7. The number of nitrogens with zero attached hydrogens (tertiary/aromatic N) is 1. The minimum Gasteiger partial charge on any atom is -0.343 e. The van der Waals surface area contributed by atoms with Gasteiger partial charge in [-0.3, -0.25) is 4.79 Å². The lowest BCUT2D eigenvalue weighted by Crippen LogP contribution is -2.44. The van der Waals surface area contributed by atoms with Gasteiger partial charge in [-0.2, -0.15) is 0 Å². The van der Waals surface area contributed by atoms with Crippen LogP contribution in [-0.4, -0.2) is 29.9 Å². The van der Waals surface area contributed by atoms with Gasteiger partial charge < -0.3 is 10.6 Å². The summed E-state index contributed by atoms with van der Waals surface area (Å²) < 4.78 is 0. The van der Waals surface area contributed by atoms with Crippen LogP contribution in [0.5, 0.6) is 0 Å². The Morgan fingerprint density at radius 3 is 2.56 bits per heavy atom. The van der Waals surface area contributed by atoms with Crippen LogP contribution in [0.25, 0.3) is 0 Å². The zero-order valence-corrected chi connectivity index (χ0v) is 10.7. The molecule has 0 aliphatic heterocycles. The van der Waals surface area contributed by atoms with Crippen molar-refractivity contribution in [3.05, 3.63) is 0 Å². The summed E-state index contributed by atoms with van der Waals surface area (Å²) in [5, 5.41) is 0. The quantitative estimate of drug-likeness (QED) is 0.747. The van der Waals surface area contributed by atoms with Crippen LogP contribution in [0.3, 0.4) is 0 Å². The average molecular weight is 226 g/mol. The van der Waals surface area contributed by atoms with Crippen molar-refractivity contribution in [1.29, 1.82) is 0 Å². The van der Waals surface area contributed by atoms with Gasteiger partial charge in [-0.05, 0) is 26.2 Å². The summed E-state index contributed by atoms with van der Waals surface area (Å²) in [6.45, 7) is 5.85. The number of carbonyl (C=O) groups excluding carboxylic acids is 1. The Morgan fingerprint density at radius 2 is 1.94 bits per heavy atom. The van der Waals surface area contributed by atoms with Gasteiger partial charge in [-0.1, -0.05) is 26.2 Å². The van der Waals surface area contributed by atoms with Gasteiger partial charge in [0.15, 0.2) is 0 Å². The summed E-state index contributed by atoms with van der Waals surface area (Å²) in [6, 6.07) is 0.0842. The molecule has 0 radical (unpaired) electrons. The van der Waals surface area contributed by atoms with Crippen LogP contribution in [0, 0.1) is 5.92 Å². The number of carbonyl (C=O) groups is 1. The molecule has 2 unspecified atom stereocenters. The molecule has 2 atom stereocenters. The number of rotatable bonds is 4. The molecule has 2 N–H and O–H groups in total. The molecule has 3 heteroatoms. The van der Waals surface area contributed by atoms with Crippen molar-refractivity contribution in [3.8, 4) is 0 Å². The molecule has 94 valence electrons. The van der Waals surface area contributed by atoms with Crippen molar-refractivity contribution < 1.29 is 4.79 Å². The van der Waals surface area contributed by atoms with E-state index in [2.05, 4.69) is 13.8 Å². The molecule has 1 saturated carbocycles. The lowest BCUT2D eigenvalue weighted by molar-refractivity contribution is -0.136. The van der Waals surface area contributed by atoms with Crippen LogP contribution >= 0.6 is 0 Å². The molecular weight excluding hydrogens is 200 g/mol. The Bertz CT molecular complexity index is 218. The van der Waals surface area contributed by atoms with E-state index in [4.69, 9.17) is 5.73 Å². The number of hydrogen-bond acceptors (Lipinski definition) is 2. The van der Waals surface area contributed by atoms with Crippen molar-refractivity contribution >= 4 is 5.91 Å². The smallest absolute Gasteiger partial charge is 0.227 e. The van der Waals surface area contributed by atoms with Crippen molar-refractivity contribution in [2.75, 3.05) is 13.1 Å². The van der Waals surface area contributed by atoms with Gasteiger partial charge in [0.05, 0.1) is 5.92 Å². The summed E-state index contributed by atoms with van der Waals surface area (Å²) in [6.07, 6.45) is 6.61. The highest BCUT2D eigenvalue weighted by Gasteiger charge is 2.29. The molecule has 0 aromatic heterocycles. The highest BCUT2D eigenvalue weighted by atomic mass is 16.2. The summed E-state index contributed by atoms with van der Waals surface area (Å²) in [7, 11) is 0. The maximum absolute atomic E-state index is 12.3. The third-order valence-corrected chi connectivity index (χ3v) is 3.57. The van der Waals surface area contributed by atoms with Gasteiger partial charge in [0.25, 0.3) is 0 Å². The Labute approximate surface area is 99.4 Å². The fourth-order valence-electron chi connectivity index (χ4n) is 2.57. The minimum absolute atomic E-state index is 0.0778. The summed E-state index contributed by atoms with van der Waals surface area (Å²) in [4.78, 5) is 14.3. The van der Waals surface area contributed by atoms with E-state index in [0.717, 1.165) is 38.8 Å². The van der Waals surface area contributed by atoms with Crippen molar-refractivity contribution in [2.24, 2.45) is 11.7 Å². The zero-order chi connectivity index (χ0) is 12.0. The SMILES string of the molecule is CCCN(CC)C(=O)C1CCCCCC1N. The van der Waals surface area contributed by atoms with E-state index in [1.807, 2.05) is 4.90 Å². The van der Waals surface area contributed by atoms with Crippen LogP contribution in [0.1, 0.15) is 52.4 Å². The maximum atomic E-state index is 12.3. The molecular formula is C13H26N2O. The number of nitrogens with two attached hydrogens (primary N) is 1. The number of amides is 1. The predicted octanol–water partition coefficient (Wildman–Crippen LogP) is 2.15. The fraction of sp³-hybridized carbons (Fsp3) is 0.923. The van der Waals surface area contributed by atoms with Crippen LogP contribution in [0.2, 0.25) is 0 Å². The Hall–Kier alpha value is -0.570. The van der Waals surface area contributed by atoms with E-state index >= 15 is 0 Å². The molecule has 0 spiro atoms. The minimum atomic E-state index is 0.0778. The second-order valence-corrected chi connectivity index (χ2v) is 4.83. The van der Waals surface area contributed by atoms with Gasteiger partial charge in [-0.25, -0.2) is 0 Å². The first-order valence-corrected chi connectivity index (χ1v) is 6.75. The first-order valence-electron chi connectivity index (χ1n) is 6.75. The highest BCUT2D eigenvalue weighted by molar-refractivity contribution is 5.79. The largest absolute Gasteiger partial charge is 0.343 e. The number of hydrogen-bond donors (Lipinski definition) is 1. The summed E-state index contributed by atoms with van der Waals surface area (Å²) >= 11 is 0. The summed E-state index contributed by atoms with van der Waals surface area (Å²) in [5.41, 5.74) is 6.12. The van der Waals surface area contributed by atoms with Gasteiger partial charge in [-0.15, -0.1) is 0 Å². The molecule has 1 amide bonds. The normalized spacial score (nSPS) is 26.2. The van der Waals surface area contributed by atoms with Gasteiger partial charge in [0.1, 0.15) is 0 Å². The maximum Gasteiger partial charge on any atom is 0.227 e. The van der Waals surface area contributed by atoms with Crippen molar-refractivity contribution in [2.45, 2.75) is 58.4 Å². The standard InChI is InChI=1S/C13H26N2O/c1-3-10-15(4-2)13(16)11-8-6-5-7-9-12(11)14/h11-12H,3-10,14H2,1-2H3. The van der Waals surface area contributed by atoms with E-state index < -0.39 is 0 Å². The van der Waals surface area contributed by atoms with Crippen LogP contribution < -0.4 is 5.73 Å². The second kappa shape index (κ2) is 6.89. The molecule has 3 nitrogen and oxygen atoms in total. The Kier molecular flexibility index (Phi) is 5.81. The molecule has 1 rings (SSSR count). The third kappa shape index (κ3) is 3.48. The van der Waals surface area contributed by atoms with Crippen LogP contribution in [0.4, 0.5) is 0 Å². The Balaban J connectivity index is 2.61. The highest BCUT2D eigenvalue weighted by Crippen LogP contribution is 2.24. The molecule has 0 aromatic carbocycles. The molecule has 0 saturated heterocycles. The molecule has 1 aliphatic rings. The van der Waals surface area contributed by atoms with E-state index in [1.165, 1.54) is 12.8 Å². The fourth-order valence-corrected chi connectivity index (χ4v) is 2.57. The van der Waals surface area contributed by atoms with E-state index in [9.17, 15) is 4.79 Å². The lowest BCUT2D eigenvalue weighted by atomic mass is 9.94. The summed E-state index contributed by atoms with van der Waals surface area (Å²) in [5.74, 6) is 0.368. The molecule has 16 heavy (non-hydrogen) atoms. The van der Waals surface area contributed by atoms with Gasteiger partial charge in [0, 0.05) is 19.1 Å². The monoisotopic (exact) mass is 226 g/mol. The first-order chi connectivity index (χ1) is 7.70. The van der Waals surface area contributed by atoms with Gasteiger partial charge >= 0.3 is 0 Å². The molecule has 0 aromatic rings. The second-order valence-electron chi connectivity index (χ2n) is 4.83.